The average Bonchev–Trinajstić information content (AvgIpc) is 3.47. The van der Waals surface area contributed by atoms with Crippen molar-refractivity contribution in [2.75, 3.05) is 6.54 Å². The summed E-state index contributed by atoms with van der Waals surface area (Å²) in [4.78, 5) is 69.4. The number of aromatic amines is 1. The van der Waals surface area contributed by atoms with Crippen LogP contribution in [0.2, 0.25) is 0 Å². The number of H-pyrrole nitrogens is 1. The number of nitrogens with one attached hydrogen (secondary N) is 3. The molecule has 34 heavy (non-hydrogen) atoms. The highest BCUT2D eigenvalue weighted by atomic mass is 16.4. The van der Waals surface area contributed by atoms with E-state index in [4.69, 9.17) is 5.73 Å². The van der Waals surface area contributed by atoms with Gasteiger partial charge in [0.25, 0.3) is 0 Å². The molecule has 1 aromatic heterocycles. The zero-order valence-electron chi connectivity index (χ0n) is 19.2. The first-order chi connectivity index (χ1) is 16.0. The number of carboxylic acid groups (broad SMARTS) is 2. The molecule has 3 amide bonds. The van der Waals surface area contributed by atoms with Gasteiger partial charge < -0.3 is 36.5 Å². The summed E-state index contributed by atoms with van der Waals surface area (Å²) < 4.78 is 0. The number of carboxylic acids is 2. The van der Waals surface area contributed by atoms with Crippen molar-refractivity contribution in [3.63, 3.8) is 0 Å². The predicted octanol–water partition coefficient (Wildman–Crippen LogP) is -1.15. The van der Waals surface area contributed by atoms with Crippen LogP contribution in [0.4, 0.5) is 0 Å². The summed E-state index contributed by atoms with van der Waals surface area (Å²) in [5.41, 5.74) is 6.46. The van der Waals surface area contributed by atoms with E-state index in [2.05, 4.69) is 20.6 Å². The molecule has 2 rings (SSSR count). The lowest BCUT2D eigenvalue weighted by Crippen LogP contribution is -2.59. The lowest BCUT2D eigenvalue weighted by atomic mass is 9.96. The van der Waals surface area contributed by atoms with Gasteiger partial charge in [-0.2, -0.15) is 0 Å². The number of aliphatic carboxylic acids is 2. The zero-order chi connectivity index (χ0) is 25.4. The van der Waals surface area contributed by atoms with Crippen LogP contribution < -0.4 is 16.4 Å². The normalized spacial score (nSPS) is 19.0. The number of carbonyl (C=O) groups is 5. The molecule has 13 heteroatoms. The van der Waals surface area contributed by atoms with E-state index < -0.39 is 60.2 Å². The Morgan fingerprint density at radius 3 is 2.50 bits per heavy atom. The van der Waals surface area contributed by atoms with Crippen molar-refractivity contribution in [1.29, 1.82) is 0 Å². The Hall–Kier alpha value is -3.48. The smallest absolute Gasteiger partial charge is 0.326 e. The second kappa shape index (κ2) is 12.1. The first-order valence-electron chi connectivity index (χ1n) is 11.1. The Morgan fingerprint density at radius 2 is 1.94 bits per heavy atom. The van der Waals surface area contributed by atoms with Gasteiger partial charge in [0, 0.05) is 24.9 Å². The van der Waals surface area contributed by atoms with Gasteiger partial charge in [-0.25, -0.2) is 9.78 Å². The number of aromatic nitrogens is 2. The number of nitrogens with zero attached hydrogens (tertiary/aromatic N) is 2. The van der Waals surface area contributed by atoms with Gasteiger partial charge in [-0.15, -0.1) is 0 Å². The number of hydrogen-bond acceptors (Lipinski definition) is 7. The van der Waals surface area contributed by atoms with Gasteiger partial charge >= 0.3 is 11.9 Å². The van der Waals surface area contributed by atoms with Gasteiger partial charge in [0.2, 0.25) is 17.7 Å². The summed E-state index contributed by atoms with van der Waals surface area (Å²) in [6, 6.07) is -4.61. The highest BCUT2D eigenvalue weighted by molar-refractivity contribution is 5.96. The predicted molar refractivity (Wildman–Crippen MR) is 118 cm³/mol. The molecule has 188 valence electrons. The minimum Gasteiger partial charge on any atom is -0.481 e. The monoisotopic (exact) mass is 480 g/mol. The van der Waals surface area contributed by atoms with Gasteiger partial charge in [0.15, 0.2) is 0 Å². The third kappa shape index (κ3) is 7.01. The van der Waals surface area contributed by atoms with Crippen molar-refractivity contribution in [2.24, 2.45) is 11.7 Å². The minimum absolute atomic E-state index is 0.0900. The highest BCUT2D eigenvalue weighted by Crippen LogP contribution is 2.21. The maximum atomic E-state index is 13.2. The van der Waals surface area contributed by atoms with Crippen LogP contribution in [-0.2, 0) is 30.4 Å². The summed E-state index contributed by atoms with van der Waals surface area (Å²) in [5, 5.41) is 23.5. The lowest BCUT2D eigenvalue weighted by molar-refractivity contribution is -0.150. The molecule has 2 heterocycles. The third-order valence-corrected chi connectivity index (χ3v) is 5.94. The SMILES string of the molecule is CCC(C)C(NC(=O)C(CC(=O)O)NC(=O)C(N)Cc1cnc[nH]1)C(=O)N1CCCC1C(=O)O. The second-order valence-corrected chi connectivity index (χ2v) is 8.45. The Balaban J connectivity index is 2.14. The van der Waals surface area contributed by atoms with Gasteiger partial charge in [-0.1, -0.05) is 20.3 Å². The number of carbonyl (C=O) groups excluding carboxylic acids is 3. The number of rotatable bonds is 12. The van der Waals surface area contributed by atoms with Crippen molar-refractivity contribution in [3.8, 4) is 0 Å². The Bertz CT molecular complexity index is 890. The number of likely N-dealkylation sites (tertiary alicyclic amines) is 1. The summed E-state index contributed by atoms with van der Waals surface area (Å²) in [6.07, 6.45) is 3.60. The standard InChI is InChI=1S/C21H32N6O7/c1-3-11(2)17(20(32)27-6-4-5-15(27)21(33)34)26-19(31)14(8-16(28)29)25-18(30)13(22)7-12-9-23-10-24-12/h9-11,13-15,17H,3-8,22H2,1-2H3,(H,23,24)(H,25,30)(H,26,31)(H,28,29)(H,33,34). The fourth-order valence-corrected chi connectivity index (χ4v) is 3.79. The van der Waals surface area contributed by atoms with Crippen molar-refractivity contribution >= 4 is 29.7 Å². The number of nitrogens with two attached hydrogens (primary N) is 1. The topological polar surface area (TPSA) is 208 Å². The van der Waals surface area contributed by atoms with Crippen LogP contribution in [0.15, 0.2) is 12.5 Å². The quantitative estimate of drug-likeness (QED) is 0.213. The molecule has 1 saturated heterocycles. The molecule has 0 bridgehead atoms. The fourth-order valence-electron chi connectivity index (χ4n) is 3.79. The molecule has 1 aliphatic heterocycles. The molecule has 1 fully saturated rings. The van der Waals surface area contributed by atoms with E-state index in [1.807, 2.05) is 0 Å². The molecule has 1 aliphatic rings. The van der Waals surface area contributed by atoms with Gasteiger partial charge in [-0.3, -0.25) is 19.2 Å². The molecule has 0 spiro atoms. The largest absolute Gasteiger partial charge is 0.481 e. The van der Waals surface area contributed by atoms with Crippen molar-refractivity contribution in [1.82, 2.24) is 25.5 Å². The summed E-state index contributed by atoms with van der Waals surface area (Å²) in [6.45, 7) is 3.77. The zero-order valence-corrected chi connectivity index (χ0v) is 19.2. The van der Waals surface area contributed by atoms with Crippen molar-refractivity contribution < 1.29 is 34.2 Å². The van der Waals surface area contributed by atoms with E-state index >= 15 is 0 Å². The van der Waals surface area contributed by atoms with Crippen LogP contribution >= 0.6 is 0 Å². The lowest BCUT2D eigenvalue weighted by Gasteiger charge is -2.31. The molecule has 13 nitrogen and oxygen atoms in total. The minimum atomic E-state index is -1.48. The molecule has 0 aliphatic carbocycles. The van der Waals surface area contributed by atoms with Crippen LogP contribution in [-0.4, -0.2) is 85.5 Å². The highest BCUT2D eigenvalue weighted by Gasteiger charge is 2.40. The first kappa shape index (κ1) is 26.8. The van der Waals surface area contributed by atoms with Crippen molar-refractivity contribution in [3.05, 3.63) is 18.2 Å². The molecular formula is C21H32N6O7. The molecule has 1 aromatic rings. The molecule has 0 radical (unpaired) electrons. The Kier molecular flexibility index (Phi) is 9.54. The maximum absolute atomic E-state index is 13.2. The van der Waals surface area contributed by atoms with Crippen LogP contribution in [0.3, 0.4) is 0 Å². The van der Waals surface area contributed by atoms with E-state index in [1.165, 1.54) is 17.4 Å². The van der Waals surface area contributed by atoms with E-state index in [9.17, 15) is 34.2 Å². The Morgan fingerprint density at radius 1 is 1.24 bits per heavy atom. The molecule has 5 atom stereocenters. The maximum Gasteiger partial charge on any atom is 0.326 e. The van der Waals surface area contributed by atoms with E-state index in [1.54, 1.807) is 13.8 Å². The molecule has 0 saturated carbocycles. The third-order valence-electron chi connectivity index (χ3n) is 5.94. The molecule has 5 unspecified atom stereocenters. The van der Waals surface area contributed by atoms with Gasteiger partial charge in [0.1, 0.15) is 18.1 Å². The van der Waals surface area contributed by atoms with Gasteiger partial charge in [0.05, 0.1) is 18.8 Å². The summed E-state index contributed by atoms with van der Waals surface area (Å²) >= 11 is 0. The van der Waals surface area contributed by atoms with Crippen LogP contribution in [0.1, 0.15) is 45.2 Å². The van der Waals surface area contributed by atoms with E-state index in [0.717, 1.165) is 0 Å². The van der Waals surface area contributed by atoms with E-state index in [-0.39, 0.29) is 18.9 Å². The second-order valence-electron chi connectivity index (χ2n) is 8.45. The molecular weight excluding hydrogens is 448 g/mol. The number of hydrogen-bond donors (Lipinski definition) is 6. The first-order valence-corrected chi connectivity index (χ1v) is 11.1. The fraction of sp³-hybridized carbons (Fsp3) is 0.619. The van der Waals surface area contributed by atoms with Crippen molar-refractivity contribution in [2.45, 2.75) is 70.1 Å². The summed E-state index contributed by atoms with van der Waals surface area (Å²) in [5.74, 6) is -4.98. The number of amides is 3. The Labute approximate surface area is 196 Å². The van der Waals surface area contributed by atoms with Crippen LogP contribution in [0.5, 0.6) is 0 Å². The van der Waals surface area contributed by atoms with Crippen LogP contribution in [0.25, 0.3) is 0 Å². The number of imidazole rings is 1. The van der Waals surface area contributed by atoms with E-state index in [0.29, 0.717) is 25.0 Å². The summed E-state index contributed by atoms with van der Waals surface area (Å²) in [7, 11) is 0. The molecule has 7 N–H and O–H groups in total. The molecule has 0 aromatic carbocycles. The van der Waals surface area contributed by atoms with Crippen LogP contribution in [0, 0.1) is 5.92 Å². The van der Waals surface area contributed by atoms with Gasteiger partial charge in [-0.05, 0) is 18.8 Å². The average molecular weight is 481 g/mol.